The lowest BCUT2D eigenvalue weighted by Gasteiger charge is -2.35. The molecule has 2 atom stereocenters. The summed E-state index contributed by atoms with van der Waals surface area (Å²) in [6, 6.07) is 0.404. The SMILES string of the molecule is CC(C)C(C)N(C)CC(N)(C(N)=O)C1CC1. The molecule has 0 saturated heterocycles. The zero-order valence-electron chi connectivity index (χ0n) is 10.9. The highest BCUT2D eigenvalue weighted by atomic mass is 16.1. The van der Waals surface area contributed by atoms with E-state index in [0.717, 1.165) is 12.8 Å². The second-order valence-electron chi connectivity index (χ2n) is 5.58. The predicted molar refractivity (Wildman–Crippen MR) is 65.8 cm³/mol. The van der Waals surface area contributed by atoms with Crippen LogP contribution in [0.3, 0.4) is 0 Å². The Morgan fingerprint density at radius 2 is 1.94 bits per heavy atom. The smallest absolute Gasteiger partial charge is 0.239 e. The Morgan fingerprint density at radius 3 is 2.25 bits per heavy atom. The summed E-state index contributed by atoms with van der Waals surface area (Å²) in [5.74, 6) is 0.464. The monoisotopic (exact) mass is 227 g/mol. The van der Waals surface area contributed by atoms with Gasteiger partial charge in [-0.3, -0.25) is 4.79 Å². The molecule has 0 bridgehead atoms. The zero-order valence-corrected chi connectivity index (χ0v) is 10.9. The van der Waals surface area contributed by atoms with Gasteiger partial charge < -0.3 is 16.4 Å². The van der Waals surface area contributed by atoms with E-state index in [-0.39, 0.29) is 11.8 Å². The lowest BCUT2D eigenvalue weighted by atomic mass is 9.91. The van der Waals surface area contributed by atoms with Crippen molar-refractivity contribution in [1.29, 1.82) is 0 Å². The molecule has 0 aliphatic heterocycles. The number of likely N-dealkylation sites (N-methyl/N-ethyl adjacent to an activating group) is 1. The molecular formula is C12H25N3O. The number of nitrogens with zero attached hydrogens (tertiary/aromatic N) is 1. The first-order valence-corrected chi connectivity index (χ1v) is 6.08. The van der Waals surface area contributed by atoms with Gasteiger partial charge in [0.1, 0.15) is 5.54 Å². The average molecular weight is 227 g/mol. The second kappa shape index (κ2) is 4.72. The van der Waals surface area contributed by atoms with E-state index in [1.165, 1.54) is 0 Å². The van der Waals surface area contributed by atoms with Gasteiger partial charge in [0.15, 0.2) is 0 Å². The lowest BCUT2D eigenvalue weighted by Crippen LogP contribution is -2.61. The van der Waals surface area contributed by atoms with E-state index in [2.05, 4.69) is 25.7 Å². The van der Waals surface area contributed by atoms with Crippen molar-refractivity contribution in [2.45, 2.75) is 45.2 Å². The van der Waals surface area contributed by atoms with Crippen LogP contribution in [0.15, 0.2) is 0 Å². The van der Waals surface area contributed by atoms with Crippen molar-refractivity contribution in [2.75, 3.05) is 13.6 Å². The van der Waals surface area contributed by atoms with Crippen LogP contribution < -0.4 is 11.5 Å². The molecule has 1 amide bonds. The van der Waals surface area contributed by atoms with E-state index in [4.69, 9.17) is 11.5 Å². The Hall–Kier alpha value is -0.610. The third kappa shape index (κ3) is 2.74. The quantitative estimate of drug-likeness (QED) is 0.696. The van der Waals surface area contributed by atoms with Crippen LogP contribution in [0.25, 0.3) is 0 Å². The summed E-state index contributed by atoms with van der Waals surface area (Å²) in [6.45, 7) is 7.05. The molecule has 4 nitrogen and oxygen atoms in total. The van der Waals surface area contributed by atoms with Gasteiger partial charge in [-0.1, -0.05) is 13.8 Å². The highest BCUT2D eigenvalue weighted by Gasteiger charge is 2.47. The Balaban J connectivity index is 2.65. The second-order valence-corrected chi connectivity index (χ2v) is 5.58. The number of hydrogen-bond acceptors (Lipinski definition) is 3. The van der Waals surface area contributed by atoms with Gasteiger partial charge in [-0.2, -0.15) is 0 Å². The van der Waals surface area contributed by atoms with E-state index < -0.39 is 5.54 Å². The number of primary amides is 1. The number of nitrogens with two attached hydrogens (primary N) is 2. The number of carbonyl (C=O) groups is 1. The Kier molecular flexibility index (Phi) is 3.97. The van der Waals surface area contributed by atoms with Crippen molar-refractivity contribution in [1.82, 2.24) is 4.90 Å². The first-order valence-electron chi connectivity index (χ1n) is 6.08. The molecule has 1 fully saturated rings. The fraction of sp³-hybridized carbons (Fsp3) is 0.917. The summed E-state index contributed by atoms with van der Waals surface area (Å²) >= 11 is 0. The van der Waals surface area contributed by atoms with Crippen LogP contribution in [0.5, 0.6) is 0 Å². The maximum absolute atomic E-state index is 11.5. The van der Waals surface area contributed by atoms with Crippen LogP contribution in [-0.2, 0) is 4.79 Å². The molecule has 94 valence electrons. The Morgan fingerprint density at radius 1 is 1.44 bits per heavy atom. The van der Waals surface area contributed by atoms with Gasteiger partial charge in [0.2, 0.25) is 5.91 Å². The minimum absolute atomic E-state index is 0.284. The molecule has 4 N–H and O–H groups in total. The van der Waals surface area contributed by atoms with Gasteiger partial charge >= 0.3 is 0 Å². The lowest BCUT2D eigenvalue weighted by molar-refractivity contribution is -0.124. The van der Waals surface area contributed by atoms with Crippen molar-refractivity contribution < 1.29 is 4.79 Å². The standard InChI is InChI=1S/C12H25N3O/c1-8(2)9(3)15(4)7-12(14,11(13)16)10-5-6-10/h8-10H,5-7,14H2,1-4H3,(H2,13,16). The van der Waals surface area contributed by atoms with E-state index >= 15 is 0 Å². The van der Waals surface area contributed by atoms with E-state index in [1.807, 2.05) is 7.05 Å². The number of rotatable bonds is 6. The molecule has 0 aromatic rings. The molecule has 1 rings (SSSR count). The minimum atomic E-state index is -0.835. The van der Waals surface area contributed by atoms with Gasteiger partial charge in [-0.25, -0.2) is 0 Å². The third-order valence-corrected chi connectivity index (χ3v) is 3.94. The van der Waals surface area contributed by atoms with Gasteiger partial charge in [0, 0.05) is 12.6 Å². The zero-order chi connectivity index (χ0) is 12.5. The van der Waals surface area contributed by atoms with Crippen LogP contribution in [0.1, 0.15) is 33.6 Å². The maximum atomic E-state index is 11.5. The van der Waals surface area contributed by atoms with Crippen LogP contribution in [-0.4, -0.2) is 36.0 Å². The average Bonchev–Trinajstić information content (AvgIpc) is 2.98. The molecule has 0 spiro atoms. The van der Waals surface area contributed by atoms with Crippen molar-refractivity contribution >= 4 is 5.91 Å². The molecule has 1 saturated carbocycles. The largest absolute Gasteiger partial charge is 0.368 e. The summed E-state index contributed by atoms with van der Waals surface area (Å²) in [6.07, 6.45) is 2.06. The Labute approximate surface area is 98.3 Å². The molecule has 16 heavy (non-hydrogen) atoms. The Bertz CT molecular complexity index is 263. The van der Waals surface area contributed by atoms with Crippen LogP contribution in [0, 0.1) is 11.8 Å². The van der Waals surface area contributed by atoms with Crippen LogP contribution in [0.4, 0.5) is 0 Å². The first kappa shape index (κ1) is 13.5. The first-order chi connectivity index (χ1) is 7.29. The van der Waals surface area contributed by atoms with Crippen molar-refractivity contribution in [3.05, 3.63) is 0 Å². The molecule has 1 aliphatic rings. The van der Waals surface area contributed by atoms with Gasteiger partial charge in [0.05, 0.1) is 0 Å². The molecule has 0 heterocycles. The van der Waals surface area contributed by atoms with Crippen LogP contribution >= 0.6 is 0 Å². The molecule has 1 aliphatic carbocycles. The summed E-state index contributed by atoms with van der Waals surface area (Å²) in [5, 5.41) is 0. The summed E-state index contributed by atoms with van der Waals surface area (Å²) in [7, 11) is 2.01. The highest BCUT2D eigenvalue weighted by molar-refractivity contribution is 5.85. The molecule has 0 aromatic heterocycles. The molecule has 0 aromatic carbocycles. The van der Waals surface area contributed by atoms with E-state index in [1.54, 1.807) is 0 Å². The summed E-state index contributed by atoms with van der Waals surface area (Å²) in [5.41, 5.74) is 10.8. The van der Waals surface area contributed by atoms with Crippen LogP contribution in [0.2, 0.25) is 0 Å². The minimum Gasteiger partial charge on any atom is -0.368 e. The summed E-state index contributed by atoms with van der Waals surface area (Å²) < 4.78 is 0. The van der Waals surface area contributed by atoms with E-state index in [0.29, 0.717) is 18.5 Å². The van der Waals surface area contributed by atoms with Crippen molar-refractivity contribution in [2.24, 2.45) is 23.3 Å². The van der Waals surface area contributed by atoms with Crippen molar-refractivity contribution in [3.63, 3.8) is 0 Å². The number of carbonyl (C=O) groups excluding carboxylic acids is 1. The molecular weight excluding hydrogens is 202 g/mol. The van der Waals surface area contributed by atoms with Gasteiger partial charge in [0.25, 0.3) is 0 Å². The number of amides is 1. The van der Waals surface area contributed by atoms with E-state index in [9.17, 15) is 4.79 Å². The fourth-order valence-electron chi connectivity index (χ4n) is 2.07. The highest BCUT2D eigenvalue weighted by Crippen LogP contribution is 2.38. The van der Waals surface area contributed by atoms with Gasteiger partial charge in [-0.05, 0) is 38.6 Å². The fourth-order valence-corrected chi connectivity index (χ4v) is 2.07. The molecule has 4 heteroatoms. The topological polar surface area (TPSA) is 72.3 Å². The van der Waals surface area contributed by atoms with Crippen molar-refractivity contribution in [3.8, 4) is 0 Å². The third-order valence-electron chi connectivity index (χ3n) is 3.94. The summed E-state index contributed by atoms with van der Waals surface area (Å²) in [4.78, 5) is 13.6. The maximum Gasteiger partial charge on any atom is 0.239 e. The predicted octanol–water partition coefficient (Wildman–Crippen LogP) is 0.556. The number of hydrogen-bond donors (Lipinski definition) is 2. The van der Waals surface area contributed by atoms with Gasteiger partial charge in [-0.15, -0.1) is 0 Å². The molecule has 2 unspecified atom stereocenters. The molecule has 0 radical (unpaired) electrons. The normalized spacial score (nSPS) is 22.2.